The van der Waals surface area contributed by atoms with Crippen LogP contribution in [-0.4, -0.2) is 21.0 Å². The molecular weight excluding hydrogens is 204 g/mol. The van der Waals surface area contributed by atoms with Crippen molar-refractivity contribution in [1.29, 1.82) is 0 Å². The van der Waals surface area contributed by atoms with Crippen molar-refractivity contribution in [3.8, 4) is 11.4 Å². The van der Waals surface area contributed by atoms with Crippen molar-refractivity contribution in [3.05, 3.63) is 42.2 Å². The second-order valence-electron chi connectivity index (χ2n) is 3.53. The molecular formula is C12H12N2O2. The number of imidazole rings is 1. The lowest BCUT2D eigenvalue weighted by Crippen LogP contribution is -1.97. The number of aromatic nitrogens is 2. The summed E-state index contributed by atoms with van der Waals surface area (Å²) in [7, 11) is 0. The molecule has 0 aliphatic carbocycles. The number of aromatic amines is 1. The molecule has 16 heavy (non-hydrogen) atoms. The van der Waals surface area contributed by atoms with Gasteiger partial charge in [0.2, 0.25) is 0 Å². The molecule has 2 rings (SSSR count). The third kappa shape index (κ3) is 2.48. The molecule has 0 bridgehead atoms. The van der Waals surface area contributed by atoms with Gasteiger partial charge >= 0.3 is 5.97 Å². The van der Waals surface area contributed by atoms with Crippen molar-refractivity contribution >= 4 is 5.97 Å². The van der Waals surface area contributed by atoms with Gasteiger partial charge in [-0.05, 0) is 12.0 Å². The molecule has 0 amide bonds. The van der Waals surface area contributed by atoms with Gasteiger partial charge < -0.3 is 10.1 Å². The first-order chi connectivity index (χ1) is 7.75. The third-order valence-electron chi connectivity index (χ3n) is 2.35. The van der Waals surface area contributed by atoms with Crippen LogP contribution in [0.1, 0.15) is 12.0 Å². The van der Waals surface area contributed by atoms with Crippen LogP contribution in [0.3, 0.4) is 0 Å². The number of nitrogens with one attached hydrogen (secondary N) is 1. The highest BCUT2D eigenvalue weighted by atomic mass is 16.4. The number of carbonyl (C=O) groups is 1. The number of carboxylic acids is 1. The molecule has 2 aromatic rings. The Bertz CT molecular complexity index is 460. The molecule has 4 nitrogen and oxygen atoms in total. The number of carboxylic acid groups (broad SMARTS) is 1. The fourth-order valence-corrected chi connectivity index (χ4v) is 1.50. The zero-order valence-corrected chi connectivity index (χ0v) is 8.68. The van der Waals surface area contributed by atoms with Gasteiger partial charge in [-0.15, -0.1) is 0 Å². The summed E-state index contributed by atoms with van der Waals surface area (Å²) in [5, 5.41) is 8.56. The quantitative estimate of drug-likeness (QED) is 0.822. The van der Waals surface area contributed by atoms with E-state index in [1.54, 1.807) is 12.4 Å². The van der Waals surface area contributed by atoms with E-state index in [9.17, 15) is 4.79 Å². The molecule has 0 fully saturated rings. The largest absolute Gasteiger partial charge is 0.481 e. The zero-order chi connectivity index (χ0) is 11.4. The third-order valence-corrected chi connectivity index (χ3v) is 2.35. The van der Waals surface area contributed by atoms with Gasteiger partial charge in [0, 0.05) is 24.4 Å². The van der Waals surface area contributed by atoms with Crippen LogP contribution in [0.25, 0.3) is 11.4 Å². The molecule has 1 aromatic carbocycles. The van der Waals surface area contributed by atoms with Gasteiger partial charge in [-0.2, -0.15) is 0 Å². The van der Waals surface area contributed by atoms with Crippen molar-refractivity contribution in [2.75, 3.05) is 0 Å². The maximum absolute atomic E-state index is 10.4. The summed E-state index contributed by atoms with van der Waals surface area (Å²) >= 11 is 0. The summed E-state index contributed by atoms with van der Waals surface area (Å²) in [5.74, 6) is 0.0555. The number of H-pyrrole nitrogens is 1. The Morgan fingerprint density at radius 2 is 2.06 bits per heavy atom. The van der Waals surface area contributed by atoms with E-state index in [1.807, 2.05) is 24.3 Å². The fraction of sp³-hybridized carbons (Fsp3) is 0.167. The highest BCUT2D eigenvalue weighted by Crippen LogP contribution is 2.15. The van der Waals surface area contributed by atoms with Gasteiger partial charge in [0.15, 0.2) is 0 Å². The molecule has 0 atom stereocenters. The van der Waals surface area contributed by atoms with E-state index in [0.717, 1.165) is 17.0 Å². The minimum Gasteiger partial charge on any atom is -0.481 e. The minimum atomic E-state index is -0.768. The van der Waals surface area contributed by atoms with Crippen molar-refractivity contribution in [3.63, 3.8) is 0 Å². The average Bonchev–Trinajstić information content (AvgIpc) is 2.80. The highest BCUT2D eigenvalue weighted by molar-refractivity contribution is 5.67. The fourth-order valence-electron chi connectivity index (χ4n) is 1.50. The maximum atomic E-state index is 10.4. The Balaban J connectivity index is 2.08. The Morgan fingerprint density at radius 1 is 1.31 bits per heavy atom. The molecule has 0 unspecified atom stereocenters. The Morgan fingerprint density at radius 3 is 2.62 bits per heavy atom. The Kier molecular flexibility index (Phi) is 3.00. The smallest absolute Gasteiger partial charge is 0.303 e. The predicted molar refractivity (Wildman–Crippen MR) is 60.0 cm³/mol. The monoisotopic (exact) mass is 216 g/mol. The van der Waals surface area contributed by atoms with Crippen molar-refractivity contribution < 1.29 is 9.90 Å². The lowest BCUT2D eigenvalue weighted by Gasteiger charge is -2.00. The number of aliphatic carboxylic acids is 1. The molecule has 0 aliphatic heterocycles. The van der Waals surface area contributed by atoms with E-state index >= 15 is 0 Å². The van der Waals surface area contributed by atoms with Crippen LogP contribution >= 0.6 is 0 Å². The first-order valence-electron chi connectivity index (χ1n) is 5.06. The van der Waals surface area contributed by atoms with Gasteiger partial charge in [-0.1, -0.05) is 24.3 Å². The molecule has 2 N–H and O–H groups in total. The molecule has 1 aromatic heterocycles. The van der Waals surface area contributed by atoms with E-state index < -0.39 is 5.97 Å². The molecule has 0 saturated carbocycles. The van der Waals surface area contributed by atoms with E-state index in [4.69, 9.17) is 5.11 Å². The molecule has 0 saturated heterocycles. The van der Waals surface area contributed by atoms with E-state index in [0.29, 0.717) is 6.42 Å². The van der Waals surface area contributed by atoms with Gasteiger partial charge in [-0.3, -0.25) is 4.79 Å². The summed E-state index contributed by atoms with van der Waals surface area (Å²) < 4.78 is 0. The first kappa shape index (κ1) is 10.4. The molecule has 82 valence electrons. The first-order valence-corrected chi connectivity index (χ1v) is 5.06. The summed E-state index contributed by atoms with van der Waals surface area (Å²) in [6.45, 7) is 0. The predicted octanol–water partition coefficient (Wildman–Crippen LogP) is 2.09. The van der Waals surface area contributed by atoms with E-state index in [2.05, 4.69) is 9.97 Å². The van der Waals surface area contributed by atoms with Crippen molar-refractivity contribution in [2.24, 2.45) is 0 Å². The lowest BCUT2D eigenvalue weighted by molar-refractivity contribution is -0.136. The molecule has 0 spiro atoms. The maximum Gasteiger partial charge on any atom is 0.303 e. The van der Waals surface area contributed by atoms with Crippen LogP contribution < -0.4 is 0 Å². The van der Waals surface area contributed by atoms with Crippen molar-refractivity contribution in [2.45, 2.75) is 12.8 Å². The van der Waals surface area contributed by atoms with Crippen LogP contribution in [-0.2, 0) is 11.2 Å². The topological polar surface area (TPSA) is 66.0 Å². The molecule has 0 aliphatic rings. The summed E-state index contributed by atoms with van der Waals surface area (Å²) in [6.07, 6.45) is 4.20. The highest BCUT2D eigenvalue weighted by Gasteiger charge is 2.01. The second-order valence-corrected chi connectivity index (χ2v) is 3.53. The second kappa shape index (κ2) is 4.61. The van der Waals surface area contributed by atoms with Gasteiger partial charge in [0.1, 0.15) is 5.82 Å². The Labute approximate surface area is 93.0 Å². The number of nitrogens with zero attached hydrogens (tertiary/aromatic N) is 1. The number of hydrogen-bond donors (Lipinski definition) is 2. The van der Waals surface area contributed by atoms with Gasteiger partial charge in [-0.25, -0.2) is 4.98 Å². The normalized spacial score (nSPS) is 10.2. The number of aryl methyl sites for hydroxylation is 1. The number of benzene rings is 1. The molecule has 1 heterocycles. The average molecular weight is 216 g/mol. The van der Waals surface area contributed by atoms with Crippen LogP contribution in [0.2, 0.25) is 0 Å². The van der Waals surface area contributed by atoms with Gasteiger partial charge in [0.05, 0.1) is 0 Å². The van der Waals surface area contributed by atoms with Gasteiger partial charge in [0.25, 0.3) is 0 Å². The van der Waals surface area contributed by atoms with Crippen LogP contribution in [0.15, 0.2) is 36.7 Å². The van der Waals surface area contributed by atoms with E-state index in [1.165, 1.54) is 0 Å². The van der Waals surface area contributed by atoms with Crippen LogP contribution in [0.5, 0.6) is 0 Å². The zero-order valence-electron chi connectivity index (χ0n) is 8.68. The Hall–Kier alpha value is -2.10. The van der Waals surface area contributed by atoms with Crippen LogP contribution in [0, 0.1) is 0 Å². The van der Waals surface area contributed by atoms with Crippen molar-refractivity contribution in [1.82, 2.24) is 9.97 Å². The van der Waals surface area contributed by atoms with Crippen LogP contribution in [0.4, 0.5) is 0 Å². The summed E-state index contributed by atoms with van der Waals surface area (Å²) in [5.41, 5.74) is 2.03. The standard InChI is InChI=1S/C12H12N2O2/c15-11(16)6-3-9-1-4-10(5-2-9)12-13-7-8-14-12/h1-2,4-5,7-8H,3,6H2,(H,13,14)(H,15,16). The number of hydrogen-bond acceptors (Lipinski definition) is 2. The minimum absolute atomic E-state index is 0.167. The summed E-state index contributed by atoms with van der Waals surface area (Å²) in [4.78, 5) is 17.6. The lowest BCUT2D eigenvalue weighted by atomic mass is 10.1. The number of rotatable bonds is 4. The summed E-state index contributed by atoms with van der Waals surface area (Å²) in [6, 6.07) is 7.74. The SMILES string of the molecule is O=C(O)CCc1ccc(-c2ncc[nH]2)cc1. The van der Waals surface area contributed by atoms with E-state index in [-0.39, 0.29) is 6.42 Å². The molecule has 0 radical (unpaired) electrons. The molecule has 4 heteroatoms.